The third kappa shape index (κ3) is 5.46. The van der Waals surface area contributed by atoms with E-state index in [1.807, 2.05) is 0 Å². The van der Waals surface area contributed by atoms with E-state index >= 15 is 0 Å². The number of rotatable bonds is 6. The molecule has 1 rings (SSSR count). The molecular weight excluding hydrogens is 272 g/mol. The monoisotopic (exact) mass is 292 g/mol. The minimum absolute atomic E-state index is 0.229. The van der Waals surface area contributed by atoms with Gasteiger partial charge in [0.15, 0.2) is 0 Å². The Bertz CT molecular complexity index is 432. The lowest BCUT2D eigenvalue weighted by atomic mass is 10.0. The Labute approximate surface area is 116 Å². The average molecular weight is 292 g/mol. The van der Waals surface area contributed by atoms with Crippen molar-refractivity contribution in [3.63, 3.8) is 0 Å². The van der Waals surface area contributed by atoms with E-state index in [4.69, 9.17) is 5.73 Å². The van der Waals surface area contributed by atoms with Gasteiger partial charge in [-0.05, 0) is 37.1 Å². The molecular formula is C14H20F4N2. The van der Waals surface area contributed by atoms with E-state index in [2.05, 4.69) is 0 Å². The van der Waals surface area contributed by atoms with Gasteiger partial charge in [0.05, 0.1) is 6.54 Å². The summed E-state index contributed by atoms with van der Waals surface area (Å²) in [5.41, 5.74) is 7.04. The van der Waals surface area contributed by atoms with Crippen molar-refractivity contribution in [3.05, 3.63) is 35.1 Å². The first-order valence-electron chi connectivity index (χ1n) is 6.53. The predicted octanol–water partition coefficient (Wildman–Crippen LogP) is 3.41. The van der Waals surface area contributed by atoms with Crippen LogP contribution >= 0.6 is 0 Å². The molecule has 0 spiro atoms. The molecule has 0 aliphatic carbocycles. The Morgan fingerprint density at radius 1 is 1.30 bits per heavy atom. The molecule has 0 fully saturated rings. The van der Waals surface area contributed by atoms with Crippen molar-refractivity contribution in [2.45, 2.75) is 32.5 Å². The predicted molar refractivity (Wildman–Crippen MR) is 70.9 cm³/mol. The topological polar surface area (TPSA) is 29.3 Å². The number of nitrogens with zero attached hydrogens (tertiary/aromatic N) is 1. The first-order chi connectivity index (χ1) is 9.23. The van der Waals surface area contributed by atoms with Crippen LogP contribution in [0.2, 0.25) is 0 Å². The lowest BCUT2D eigenvalue weighted by Gasteiger charge is -2.23. The van der Waals surface area contributed by atoms with Gasteiger partial charge in [-0.25, -0.2) is 4.39 Å². The summed E-state index contributed by atoms with van der Waals surface area (Å²) in [5, 5.41) is 0. The molecule has 2 N–H and O–H groups in total. The van der Waals surface area contributed by atoms with Crippen LogP contribution < -0.4 is 5.73 Å². The maximum Gasteiger partial charge on any atom is 0.401 e. The number of hydrogen-bond acceptors (Lipinski definition) is 2. The van der Waals surface area contributed by atoms with Crippen LogP contribution in [0.4, 0.5) is 17.6 Å². The van der Waals surface area contributed by atoms with E-state index in [9.17, 15) is 17.6 Å². The van der Waals surface area contributed by atoms with Gasteiger partial charge in [-0.15, -0.1) is 0 Å². The van der Waals surface area contributed by atoms with Gasteiger partial charge in [-0.2, -0.15) is 13.2 Å². The number of aryl methyl sites for hydroxylation is 1. The van der Waals surface area contributed by atoms with Crippen LogP contribution in [-0.4, -0.2) is 30.7 Å². The molecule has 0 heterocycles. The summed E-state index contributed by atoms with van der Waals surface area (Å²) in [6.45, 7) is 2.90. The van der Waals surface area contributed by atoms with Crippen LogP contribution in [0.1, 0.15) is 30.5 Å². The molecule has 1 aromatic rings. The van der Waals surface area contributed by atoms with Crippen LogP contribution in [0.25, 0.3) is 0 Å². The Hall–Kier alpha value is -1.14. The normalized spacial score (nSPS) is 13.8. The Balaban J connectivity index is 2.57. The lowest BCUT2D eigenvalue weighted by Crippen LogP contribution is -2.35. The fourth-order valence-electron chi connectivity index (χ4n) is 1.93. The number of alkyl halides is 3. The molecule has 0 aliphatic rings. The van der Waals surface area contributed by atoms with Crippen LogP contribution in [0.15, 0.2) is 18.2 Å². The number of hydrogen-bond donors (Lipinski definition) is 1. The minimum atomic E-state index is -4.21. The summed E-state index contributed by atoms with van der Waals surface area (Å²) in [6.07, 6.45) is -3.86. The van der Waals surface area contributed by atoms with E-state index in [-0.39, 0.29) is 12.4 Å². The van der Waals surface area contributed by atoms with Gasteiger partial charge < -0.3 is 5.73 Å². The van der Waals surface area contributed by atoms with Gasteiger partial charge in [0.2, 0.25) is 0 Å². The van der Waals surface area contributed by atoms with Crippen molar-refractivity contribution in [1.29, 1.82) is 0 Å². The second-order valence-corrected chi connectivity index (χ2v) is 4.89. The molecule has 114 valence electrons. The zero-order chi connectivity index (χ0) is 15.3. The molecule has 1 aromatic carbocycles. The minimum Gasteiger partial charge on any atom is -0.324 e. The van der Waals surface area contributed by atoms with E-state index in [1.165, 1.54) is 11.0 Å². The molecule has 0 saturated heterocycles. The van der Waals surface area contributed by atoms with E-state index in [0.29, 0.717) is 24.1 Å². The number of nitrogens with two attached hydrogens (primary N) is 1. The molecule has 20 heavy (non-hydrogen) atoms. The van der Waals surface area contributed by atoms with Crippen LogP contribution in [-0.2, 0) is 0 Å². The van der Waals surface area contributed by atoms with Crippen molar-refractivity contribution < 1.29 is 17.6 Å². The summed E-state index contributed by atoms with van der Waals surface area (Å²) in [6, 6.07) is 4.22. The van der Waals surface area contributed by atoms with Gasteiger partial charge in [-0.1, -0.05) is 19.1 Å². The highest BCUT2D eigenvalue weighted by molar-refractivity contribution is 5.25. The highest BCUT2D eigenvalue weighted by Gasteiger charge is 2.30. The van der Waals surface area contributed by atoms with Gasteiger partial charge in [0.1, 0.15) is 5.82 Å². The highest BCUT2D eigenvalue weighted by Crippen LogP contribution is 2.20. The lowest BCUT2D eigenvalue weighted by molar-refractivity contribution is -0.145. The SMILES string of the molecule is CCN(CCC(N)c1ccc(C)c(F)c1)CC(F)(F)F. The molecule has 0 aliphatic heterocycles. The summed E-state index contributed by atoms with van der Waals surface area (Å²) < 4.78 is 50.4. The van der Waals surface area contributed by atoms with Crippen molar-refractivity contribution in [1.82, 2.24) is 4.90 Å². The quantitative estimate of drug-likeness (QED) is 0.814. The van der Waals surface area contributed by atoms with Crippen molar-refractivity contribution in [2.24, 2.45) is 5.73 Å². The average Bonchev–Trinajstić information content (AvgIpc) is 2.36. The molecule has 2 nitrogen and oxygen atoms in total. The van der Waals surface area contributed by atoms with Crippen molar-refractivity contribution >= 4 is 0 Å². The van der Waals surface area contributed by atoms with Crippen LogP contribution in [0, 0.1) is 12.7 Å². The Morgan fingerprint density at radius 3 is 2.45 bits per heavy atom. The van der Waals surface area contributed by atoms with Crippen molar-refractivity contribution in [2.75, 3.05) is 19.6 Å². The Kier molecular flexibility index (Phi) is 5.95. The third-order valence-electron chi connectivity index (χ3n) is 3.23. The maximum absolute atomic E-state index is 13.4. The fourth-order valence-corrected chi connectivity index (χ4v) is 1.93. The Morgan fingerprint density at radius 2 is 1.95 bits per heavy atom. The molecule has 1 unspecified atom stereocenters. The van der Waals surface area contributed by atoms with Gasteiger partial charge in [0.25, 0.3) is 0 Å². The summed E-state index contributed by atoms with van der Waals surface area (Å²) in [7, 11) is 0. The summed E-state index contributed by atoms with van der Waals surface area (Å²) >= 11 is 0. The molecule has 1 atom stereocenters. The van der Waals surface area contributed by atoms with Gasteiger partial charge in [0, 0.05) is 12.6 Å². The fraction of sp³-hybridized carbons (Fsp3) is 0.571. The first-order valence-corrected chi connectivity index (χ1v) is 6.53. The zero-order valence-electron chi connectivity index (χ0n) is 11.7. The standard InChI is InChI=1S/C14H20F4N2/c1-3-20(9-14(16,17)18)7-6-13(19)11-5-4-10(2)12(15)8-11/h4-5,8,13H,3,6-7,9,19H2,1-2H3. The van der Waals surface area contributed by atoms with Gasteiger partial charge >= 0.3 is 6.18 Å². The second kappa shape index (κ2) is 7.04. The molecule has 0 saturated carbocycles. The largest absolute Gasteiger partial charge is 0.401 e. The number of halogens is 4. The second-order valence-electron chi connectivity index (χ2n) is 4.89. The molecule has 0 bridgehead atoms. The smallest absolute Gasteiger partial charge is 0.324 e. The van der Waals surface area contributed by atoms with Gasteiger partial charge in [-0.3, -0.25) is 4.90 Å². The summed E-state index contributed by atoms with van der Waals surface area (Å²) in [5.74, 6) is -0.347. The molecule has 0 amide bonds. The third-order valence-corrected chi connectivity index (χ3v) is 3.23. The van der Waals surface area contributed by atoms with Crippen molar-refractivity contribution in [3.8, 4) is 0 Å². The van der Waals surface area contributed by atoms with E-state index in [1.54, 1.807) is 26.0 Å². The molecule has 6 heteroatoms. The maximum atomic E-state index is 13.4. The zero-order valence-corrected chi connectivity index (χ0v) is 11.7. The van der Waals surface area contributed by atoms with Crippen LogP contribution in [0.5, 0.6) is 0 Å². The first kappa shape index (κ1) is 16.9. The summed E-state index contributed by atoms with van der Waals surface area (Å²) in [4.78, 5) is 1.28. The van der Waals surface area contributed by atoms with E-state index in [0.717, 1.165) is 0 Å². The number of benzene rings is 1. The highest BCUT2D eigenvalue weighted by atomic mass is 19.4. The van der Waals surface area contributed by atoms with E-state index < -0.39 is 18.8 Å². The molecule has 0 radical (unpaired) electrons. The van der Waals surface area contributed by atoms with Crippen LogP contribution in [0.3, 0.4) is 0 Å². The molecule has 0 aromatic heterocycles.